The molecule has 1 aliphatic rings. The van der Waals surface area contributed by atoms with Crippen molar-refractivity contribution in [2.24, 2.45) is 5.92 Å². The normalized spacial score (nSPS) is 18.2. The van der Waals surface area contributed by atoms with Gasteiger partial charge < -0.3 is 9.47 Å². The van der Waals surface area contributed by atoms with E-state index in [-0.39, 0.29) is 34.9 Å². The van der Waals surface area contributed by atoms with Gasteiger partial charge >= 0.3 is 11.9 Å². The van der Waals surface area contributed by atoms with E-state index in [4.69, 9.17) is 9.47 Å². The lowest BCUT2D eigenvalue weighted by atomic mass is 9.87. The van der Waals surface area contributed by atoms with Crippen molar-refractivity contribution in [2.45, 2.75) is 63.7 Å². The molecule has 0 aliphatic heterocycles. The van der Waals surface area contributed by atoms with Gasteiger partial charge in [-0.2, -0.15) is 0 Å². The van der Waals surface area contributed by atoms with Crippen LogP contribution in [0.15, 0.2) is 99.6 Å². The highest BCUT2D eigenvalue weighted by atomic mass is 127. The van der Waals surface area contributed by atoms with E-state index >= 15 is 0 Å². The first-order chi connectivity index (χ1) is 16.8. The molecule has 6 heteroatoms. The Morgan fingerprint density at radius 3 is 1.74 bits per heavy atom. The second-order valence-corrected chi connectivity index (χ2v) is 13.9. The van der Waals surface area contributed by atoms with E-state index in [1.807, 2.05) is 50.2 Å². The maximum atomic E-state index is 12.8. The summed E-state index contributed by atoms with van der Waals surface area (Å²) in [5.41, 5.74) is 0. The van der Waals surface area contributed by atoms with Gasteiger partial charge in [0.2, 0.25) is 0 Å². The van der Waals surface area contributed by atoms with Crippen LogP contribution in [0.1, 0.15) is 39.5 Å². The maximum absolute atomic E-state index is 12.8. The first kappa shape index (κ1) is 25.8. The number of halogens is 1. The summed E-state index contributed by atoms with van der Waals surface area (Å²) in [4.78, 5) is 28.6. The molecule has 0 heterocycles. The van der Waals surface area contributed by atoms with Crippen molar-refractivity contribution < 1.29 is 19.1 Å². The van der Waals surface area contributed by atoms with Gasteiger partial charge in [-0.05, 0) is 88.1 Å². The predicted octanol–water partition coefficient (Wildman–Crippen LogP) is 7.00. The molecule has 1 aliphatic carbocycles. The number of carbonyl (C=O) groups excluding carboxylic acids is 2. The number of rotatable bonds is 7. The van der Waals surface area contributed by atoms with Crippen LogP contribution in [-0.4, -0.2) is 21.5 Å². The Hall–Kier alpha value is -2.32. The molecule has 182 valence electrons. The van der Waals surface area contributed by atoms with Crippen molar-refractivity contribution in [3.05, 3.63) is 84.9 Å². The first-order valence-electron chi connectivity index (χ1n) is 11.9. The average Bonchev–Trinajstić information content (AvgIpc) is 2.86. The Kier molecular flexibility index (Phi) is 8.55. The minimum atomic E-state index is -0.541. The molecule has 1 saturated carbocycles. The van der Waals surface area contributed by atoms with Crippen LogP contribution in [0, 0.1) is 5.92 Å². The number of carbonyl (C=O) groups is 2. The van der Waals surface area contributed by atoms with Gasteiger partial charge in [0.25, 0.3) is 0 Å². The van der Waals surface area contributed by atoms with Crippen LogP contribution in [0.2, 0.25) is 0 Å². The van der Waals surface area contributed by atoms with Crippen molar-refractivity contribution >= 4 is 45.4 Å². The number of esters is 2. The van der Waals surface area contributed by atoms with Gasteiger partial charge in [0.15, 0.2) is 14.7 Å². The van der Waals surface area contributed by atoms with Crippen LogP contribution in [0.4, 0.5) is 0 Å². The highest BCUT2D eigenvalue weighted by molar-refractivity contribution is 14.1. The Morgan fingerprint density at radius 1 is 0.771 bits per heavy atom. The lowest BCUT2D eigenvalue weighted by molar-refractivity contribution is -0.153. The molecule has 0 aromatic heterocycles. The highest BCUT2D eigenvalue weighted by Crippen LogP contribution is 2.33. The molecule has 4 rings (SSSR count). The minimum Gasteiger partial charge on any atom is -0.461 e. The molecule has 0 radical (unpaired) electrons. The zero-order chi connectivity index (χ0) is 24.8. The van der Waals surface area contributed by atoms with E-state index in [9.17, 15) is 9.59 Å². The van der Waals surface area contributed by atoms with Crippen LogP contribution in [-0.2, 0) is 25.2 Å². The van der Waals surface area contributed by atoms with Gasteiger partial charge in [0.1, 0.15) is 15.3 Å². The SMILES string of the molecule is CC(C)(I)C(=O)OC1CCC(C(=O)Oc2ccc([S+](c3ccccc3)c3ccccc3)cc2)CC1. The van der Waals surface area contributed by atoms with Gasteiger partial charge in [0, 0.05) is 0 Å². The van der Waals surface area contributed by atoms with E-state index < -0.39 is 3.42 Å². The third-order valence-electron chi connectivity index (χ3n) is 6.00. The molecular formula is C29H30IO4S+. The molecule has 0 saturated heterocycles. The summed E-state index contributed by atoms with van der Waals surface area (Å²) in [6.07, 6.45) is 2.60. The van der Waals surface area contributed by atoms with Crippen LogP contribution < -0.4 is 4.74 Å². The smallest absolute Gasteiger partial charge is 0.321 e. The predicted molar refractivity (Wildman–Crippen MR) is 147 cm³/mol. The molecule has 0 spiro atoms. The molecule has 0 amide bonds. The minimum absolute atomic E-state index is 0.117. The Labute approximate surface area is 223 Å². The number of benzene rings is 3. The average molecular weight is 602 g/mol. The zero-order valence-corrected chi connectivity index (χ0v) is 23.0. The topological polar surface area (TPSA) is 52.6 Å². The summed E-state index contributed by atoms with van der Waals surface area (Å²) in [5, 5.41) is 0. The molecule has 0 bridgehead atoms. The van der Waals surface area contributed by atoms with Crippen LogP contribution >= 0.6 is 22.6 Å². The monoisotopic (exact) mass is 601 g/mol. The summed E-state index contributed by atoms with van der Waals surface area (Å²) in [7, 11) is -0.238. The maximum Gasteiger partial charge on any atom is 0.321 e. The summed E-state index contributed by atoms with van der Waals surface area (Å²) in [5.74, 6) is -0.0137. The fourth-order valence-corrected chi connectivity index (χ4v) is 6.28. The molecule has 3 aromatic carbocycles. The zero-order valence-electron chi connectivity index (χ0n) is 20.0. The summed E-state index contributed by atoms with van der Waals surface area (Å²) >= 11 is 2.09. The molecule has 0 atom stereocenters. The molecule has 3 aromatic rings. The summed E-state index contributed by atoms with van der Waals surface area (Å²) in [6, 6.07) is 28.8. The highest BCUT2D eigenvalue weighted by Gasteiger charge is 2.33. The van der Waals surface area contributed by atoms with Crippen LogP contribution in [0.3, 0.4) is 0 Å². The van der Waals surface area contributed by atoms with Gasteiger partial charge in [0.05, 0.1) is 16.8 Å². The van der Waals surface area contributed by atoms with E-state index in [0.717, 1.165) is 0 Å². The number of hydrogen-bond donors (Lipinski definition) is 0. The third-order valence-corrected chi connectivity index (χ3v) is 8.67. The van der Waals surface area contributed by atoms with Crippen molar-refractivity contribution in [2.75, 3.05) is 0 Å². The van der Waals surface area contributed by atoms with Gasteiger partial charge in [-0.15, -0.1) is 0 Å². The van der Waals surface area contributed by atoms with E-state index in [0.29, 0.717) is 31.4 Å². The Bertz CT molecular complexity index is 1080. The largest absolute Gasteiger partial charge is 0.461 e. The second-order valence-electron chi connectivity index (χ2n) is 9.18. The molecule has 4 nitrogen and oxygen atoms in total. The summed E-state index contributed by atoms with van der Waals surface area (Å²) < 4.78 is 10.8. The number of hydrogen-bond acceptors (Lipinski definition) is 4. The van der Waals surface area contributed by atoms with Crippen molar-refractivity contribution in [3.63, 3.8) is 0 Å². The quantitative estimate of drug-likeness (QED) is 0.0963. The Balaban J connectivity index is 1.38. The molecule has 0 unspecified atom stereocenters. The van der Waals surface area contributed by atoms with E-state index in [1.54, 1.807) is 0 Å². The molecule has 1 fully saturated rings. The fraction of sp³-hybridized carbons (Fsp3) is 0.310. The van der Waals surface area contributed by atoms with Crippen LogP contribution in [0.5, 0.6) is 5.75 Å². The van der Waals surface area contributed by atoms with Gasteiger partial charge in [-0.25, -0.2) is 0 Å². The number of ether oxygens (including phenoxy) is 2. The molecular weight excluding hydrogens is 571 g/mol. The first-order valence-corrected chi connectivity index (χ1v) is 14.2. The van der Waals surface area contributed by atoms with Crippen molar-refractivity contribution in [1.82, 2.24) is 0 Å². The second kappa shape index (κ2) is 11.6. The standard InChI is InChI=1S/C29H30IO4S/c1-29(2,30)28(32)34-23-15-13-21(14-16-23)27(31)33-22-17-19-26(20-18-22)35(24-9-5-3-6-10-24)25-11-7-4-8-12-25/h3-12,17-21,23H,13-16H2,1-2H3/q+1. The van der Waals surface area contributed by atoms with Crippen molar-refractivity contribution in [1.29, 1.82) is 0 Å². The third kappa shape index (κ3) is 6.88. The van der Waals surface area contributed by atoms with Gasteiger partial charge in [-0.3, -0.25) is 9.59 Å². The molecule has 0 N–H and O–H groups in total. The fourth-order valence-electron chi connectivity index (χ4n) is 4.07. The number of alkyl halides is 1. The lowest BCUT2D eigenvalue weighted by Crippen LogP contribution is -2.34. The molecule has 35 heavy (non-hydrogen) atoms. The van der Waals surface area contributed by atoms with E-state index in [1.165, 1.54) is 14.7 Å². The summed E-state index contributed by atoms with van der Waals surface area (Å²) in [6.45, 7) is 3.68. The van der Waals surface area contributed by atoms with E-state index in [2.05, 4.69) is 71.1 Å². The lowest BCUT2D eigenvalue weighted by Gasteiger charge is -2.28. The van der Waals surface area contributed by atoms with Crippen LogP contribution in [0.25, 0.3) is 0 Å². The Morgan fingerprint density at radius 2 is 1.26 bits per heavy atom. The van der Waals surface area contributed by atoms with Gasteiger partial charge in [-0.1, -0.05) is 59.0 Å². The van der Waals surface area contributed by atoms with Crippen molar-refractivity contribution in [3.8, 4) is 5.75 Å².